The number of hydrogen-bond donors (Lipinski definition) is 0. The van der Waals surface area contributed by atoms with Gasteiger partial charge in [-0.2, -0.15) is 5.10 Å². The number of carbonyl (C=O) groups excluding carboxylic acids is 2. The molecule has 0 aliphatic carbocycles. The van der Waals surface area contributed by atoms with Gasteiger partial charge in [-0.05, 0) is 25.5 Å². The summed E-state index contributed by atoms with van der Waals surface area (Å²) in [6.45, 7) is 6.96. The molecule has 2 aromatic heterocycles. The number of amides is 2. The number of piperazine rings is 1. The van der Waals surface area contributed by atoms with Crippen LogP contribution in [0.5, 0.6) is 0 Å². The molecule has 7 nitrogen and oxygen atoms in total. The van der Waals surface area contributed by atoms with Crippen molar-refractivity contribution >= 4 is 28.8 Å². The quantitative estimate of drug-likeness (QED) is 0.803. The highest BCUT2D eigenvalue weighted by molar-refractivity contribution is 7.11. The van der Waals surface area contributed by atoms with E-state index in [1.54, 1.807) is 27.6 Å². The Morgan fingerprint density at radius 1 is 1.33 bits per heavy atom. The predicted octanol–water partition coefficient (Wildman–Crippen LogP) is 1.63. The Labute approximate surface area is 163 Å². The van der Waals surface area contributed by atoms with Crippen LogP contribution in [0.3, 0.4) is 0 Å². The van der Waals surface area contributed by atoms with Gasteiger partial charge in [0.2, 0.25) is 11.8 Å². The maximum atomic E-state index is 12.7. The summed E-state index contributed by atoms with van der Waals surface area (Å²) in [4.78, 5) is 33.7. The molecule has 2 saturated heterocycles. The number of nitrogens with zero attached hydrogens (tertiary/aromatic N) is 5. The Hall–Kier alpha value is -2.19. The van der Waals surface area contributed by atoms with Gasteiger partial charge < -0.3 is 9.80 Å². The highest BCUT2D eigenvalue weighted by Gasteiger charge is 2.50. The van der Waals surface area contributed by atoms with Crippen molar-refractivity contribution in [2.45, 2.75) is 32.4 Å². The molecule has 2 fully saturated rings. The van der Waals surface area contributed by atoms with Crippen LogP contribution in [0.15, 0.2) is 24.5 Å². The first-order valence-corrected chi connectivity index (χ1v) is 10.0. The van der Waals surface area contributed by atoms with Crippen LogP contribution in [0.1, 0.15) is 23.1 Å². The van der Waals surface area contributed by atoms with E-state index in [1.807, 2.05) is 24.6 Å². The first-order valence-electron chi connectivity index (χ1n) is 9.21. The zero-order chi connectivity index (χ0) is 19.2. The number of rotatable bonds is 3. The van der Waals surface area contributed by atoms with E-state index in [9.17, 15) is 9.59 Å². The summed E-state index contributed by atoms with van der Waals surface area (Å²) in [7, 11) is 1.84. The molecule has 27 heavy (non-hydrogen) atoms. The second kappa shape index (κ2) is 6.76. The number of aromatic nitrogens is 2. The summed E-state index contributed by atoms with van der Waals surface area (Å²) >= 11 is 1.82. The monoisotopic (exact) mass is 387 g/mol. The van der Waals surface area contributed by atoms with Gasteiger partial charge in [0, 0.05) is 49.6 Å². The van der Waals surface area contributed by atoms with Crippen LogP contribution in [0, 0.1) is 6.92 Å². The maximum Gasteiger partial charge on any atom is 0.246 e. The fourth-order valence-electron chi connectivity index (χ4n) is 4.30. The molecular weight excluding hydrogens is 362 g/mol. The Kier molecular flexibility index (Phi) is 4.55. The first kappa shape index (κ1) is 18.2. The molecule has 4 rings (SSSR count). The fourth-order valence-corrected chi connectivity index (χ4v) is 5.23. The summed E-state index contributed by atoms with van der Waals surface area (Å²) in [5, 5.41) is 4.20. The standard InChI is InChI=1S/C19H25N5O2S/c1-14-4-5-17(27-14)10-22-7-6-19(12-22)13-23(16-8-20-21(3)9-16)18(26)11-24(19)15(2)25/h4-5,8-9H,6-7,10-13H2,1-3H3/t19-/m0/s1. The van der Waals surface area contributed by atoms with Crippen molar-refractivity contribution in [1.82, 2.24) is 19.6 Å². The van der Waals surface area contributed by atoms with E-state index < -0.39 is 0 Å². The third-order valence-electron chi connectivity index (χ3n) is 5.59. The molecular formula is C19H25N5O2S. The molecule has 2 aliphatic heterocycles. The van der Waals surface area contributed by atoms with Crippen LogP contribution in [0.25, 0.3) is 0 Å². The lowest BCUT2D eigenvalue weighted by molar-refractivity contribution is -0.142. The first-order chi connectivity index (χ1) is 12.9. The lowest BCUT2D eigenvalue weighted by atomic mass is 9.92. The van der Waals surface area contributed by atoms with Gasteiger partial charge in [0.05, 0.1) is 24.0 Å². The van der Waals surface area contributed by atoms with Gasteiger partial charge in [-0.25, -0.2) is 0 Å². The van der Waals surface area contributed by atoms with Gasteiger partial charge in [-0.15, -0.1) is 11.3 Å². The van der Waals surface area contributed by atoms with Crippen molar-refractivity contribution < 1.29 is 9.59 Å². The van der Waals surface area contributed by atoms with Crippen molar-refractivity contribution in [2.24, 2.45) is 7.05 Å². The van der Waals surface area contributed by atoms with Gasteiger partial charge in [-0.3, -0.25) is 19.2 Å². The van der Waals surface area contributed by atoms with E-state index in [0.717, 1.165) is 31.7 Å². The molecule has 0 radical (unpaired) electrons. The number of likely N-dealkylation sites (tertiary alicyclic amines) is 1. The second-order valence-corrected chi connectivity index (χ2v) is 9.03. The van der Waals surface area contributed by atoms with Crippen LogP contribution < -0.4 is 4.90 Å². The Balaban J connectivity index is 1.57. The molecule has 0 N–H and O–H groups in total. The van der Waals surface area contributed by atoms with Crippen molar-refractivity contribution in [3.05, 3.63) is 34.3 Å². The molecule has 2 aliphatic rings. The lowest BCUT2D eigenvalue weighted by Gasteiger charge is -2.48. The number of carbonyl (C=O) groups is 2. The summed E-state index contributed by atoms with van der Waals surface area (Å²) in [5.74, 6) is -0.0702. The highest BCUT2D eigenvalue weighted by atomic mass is 32.1. The van der Waals surface area contributed by atoms with Gasteiger partial charge >= 0.3 is 0 Å². The molecule has 1 spiro atoms. The van der Waals surface area contributed by atoms with Gasteiger partial charge in [-0.1, -0.05) is 0 Å². The Morgan fingerprint density at radius 3 is 2.78 bits per heavy atom. The summed E-state index contributed by atoms with van der Waals surface area (Å²) in [5.41, 5.74) is 0.472. The lowest BCUT2D eigenvalue weighted by Crippen LogP contribution is -2.66. The van der Waals surface area contributed by atoms with E-state index >= 15 is 0 Å². The summed E-state index contributed by atoms with van der Waals surface area (Å²) in [6, 6.07) is 4.33. The molecule has 0 saturated carbocycles. The van der Waals surface area contributed by atoms with E-state index in [2.05, 4.69) is 29.1 Å². The van der Waals surface area contributed by atoms with E-state index in [4.69, 9.17) is 0 Å². The number of hydrogen-bond acceptors (Lipinski definition) is 5. The van der Waals surface area contributed by atoms with Gasteiger partial charge in [0.25, 0.3) is 0 Å². The normalized spacial score (nSPS) is 23.6. The van der Waals surface area contributed by atoms with Crippen molar-refractivity contribution in [2.75, 3.05) is 31.1 Å². The Morgan fingerprint density at radius 2 is 2.15 bits per heavy atom. The van der Waals surface area contributed by atoms with Crippen molar-refractivity contribution in [1.29, 1.82) is 0 Å². The minimum atomic E-state index is -0.331. The molecule has 4 heterocycles. The van der Waals surface area contributed by atoms with Crippen molar-refractivity contribution in [3.8, 4) is 0 Å². The number of anilines is 1. The maximum absolute atomic E-state index is 12.7. The molecule has 0 unspecified atom stereocenters. The molecule has 0 bridgehead atoms. The minimum Gasteiger partial charge on any atom is -0.325 e. The smallest absolute Gasteiger partial charge is 0.246 e. The summed E-state index contributed by atoms with van der Waals surface area (Å²) in [6.07, 6.45) is 4.45. The van der Waals surface area contributed by atoms with E-state index in [-0.39, 0.29) is 23.9 Å². The van der Waals surface area contributed by atoms with E-state index in [1.165, 1.54) is 9.75 Å². The zero-order valence-corrected chi connectivity index (χ0v) is 16.8. The van der Waals surface area contributed by atoms with Gasteiger partial charge in [0.1, 0.15) is 6.54 Å². The van der Waals surface area contributed by atoms with Crippen LogP contribution >= 0.6 is 11.3 Å². The second-order valence-electron chi connectivity index (χ2n) is 7.65. The Bertz CT molecular complexity index is 875. The predicted molar refractivity (Wildman–Crippen MR) is 105 cm³/mol. The topological polar surface area (TPSA) is 61.7 Å². The minimum absolute atomic E-state index is 0.0250. The SMILES string of the molecule is CC(=O)N1CC(=O)N(c2cnn(C)c2)C[C@@]12CCN(Cc1ccc(C)s1)C2. The van der Waals surface area contributed by atoms with E-state index in [0.29, 0.717) is 6.54 Å². The molecule has 8 heteroatoms. The molecule has 144 valence electrons. The number of thiophene rings is 1. The van der Waals surface area contributed by atoms with Crippen LogP contribution in [-0.2, 0) is 23.2 Å². The third-order valence-corrected chi connectivity index (χ3v) is 6.57. The van der Waals surface area contributed by atoms with Crippen LogP contribution in [0.2, 0.25) is 0 Å². The van der Waals surface area contributed by atoms with Gasteiger partial charge in [0.15, 0.2) is 0 Å². The zero-order valence-electron chi connectivity index (χ0n) is 16.0. The fraction of sp³-hybridized carbons (Fsp3) is 0.526. The average Bonchev–Trinajstić information content (AvgIpc) is 3.32. The highest BCUT2D eigenvalue weighted by Crippen LogP contribution is 2.35. The molecule has 1 atom stereocenters. The third kappa shape index (κ3) is 3.39. The molecule has 2 amide bonds. The van der Waals surface area contributed by atoms with Crippen LogP contribution in [-0.4, -0.2) is 63.1 Å². The van der Waals surface area contributed by atoms with Crippen molar-refractivity contribution in [3.63, 3.8) is 0 Å². The number of aryl methyl sites for hydroxylation is 2. The molecule has 2 aromatic rings. The summed E-state index contributed by atoms with van der Waals surface area (Å²) < 4.78 is 1.70. The average molecular weight is 388 g/mol. The molecule has 0 aromatic carbocycles. The largest absolute Gasteiger partial charge is 0.325 e. The van der Waals surface area contributed by atoms with Crippen LogP contribution in [0.4, 0.5) is 5.69 Å².